The highest BCUT2D eigenvalue weighted by molar-refractivity contribution is 6.27. The summed E-state index contributed by atoms with van der Waals surface area (Å²) in [6, 6.07) is 0.616. The van der Waals surface area contributed by atoms with Crippen LogP contribution in [0.5, 0.6) is 0 Å². The molecular formula is C40H53N3O. The van der Waals surface area contributed by atoms with Crippen LogP contribution in [0.4, 0.5) is 0 Å². The van der Waals surface area contributed by atoms with Gasteiger partial charge < -0.3 is 14.3 Å². The van der Waals surface area contributed by atoms with E-state index in [-0.39, 0.29) is 5.60 Å². The van der Waals surface area contributed by atoms with E-state index in [2.05, 4.69) is 125 Å². The number of nitrogens with zero attached hydrogens (tertiary/aromatic N) is 2. The third kappa shape index (κ3) is 3.22. The van der Waals surface area contributed by atoms with Crippen LogP contribution in [0.15, 0.2) is 0 Å². The fourth-order valence-electron chi connectivity index (χ4n) is 9.62. The molecule has 4 heterocycles. The number of aromatic amines is 1. The predicted octanol–water partition coefficient (Wildman–Crippen LogP) is 10.7. The summed E-state index contributed by atoms with van der Waals surface area (Å²) in [6.45, 7) is 35.1. The average molecular weight is 592 g/mol. The molecule has 4 nitrogen and oxygen atoms in total. The quantitative estimate of drug-likeness (QED) is 0.210. The van der Waals surface area contributed by atoms with E-state index in [1.54, 1.807) is 0 Å². The van der Waals surface area contributed by atoms with Gasteiger partial charge in [0.25, 0.3) is 0 Å². The lowest BCUT2D eigenvalue weighted by atomic mass is 9.82. The van der Waals surface area contributed by atoms with Crippen molar-refractivity contribution in [3.63, 3.8) is 0 Å². The first-order valence-electron chi connectivity index (χ1n) is 16.8. The number of benzene rings is 3. The number of fused-ring (bicyclic) bond motifs is 10. The molecule has 0 amide bonds. The van der Waals surface area contributed by atoms with Crippen molar-refractivity contribution in [1.82, 2.24) is 14.5 Å². The Hall–Kier alpha value is -2.82. The minimum atomic E-state index is -0.518. The maximum Gasteiger partial charge on any atom is 0.146 e. The van der Waals surface area contributed by atoms with Gasteiger partial charge in [0.2, 0.25) is 0 Å². The van der Waals surface area contributed by atoms with Gasteiger partial charge in [-0.25, -0.2) is 0 Å². The normalized spacial score (nSPS) is 27.2. The number of hydrogen-bond donors (Lipinski definition) is 1. The standard InChI is InChI=1S/C40H53N3O/c1-17-19(3)23(7)35-29(21(17)5)33-31-27(11)42(16)28(12)32(31)34-30-22(6)18(2)20(4)24(8)37(30)43(38(34)36(33)41-35)40(15)26(10)25(9)39(13,14)44-40/h25-28,41H,1-16H3. The fraction of sp³-hybridized carbons (Fsp3) is 0.550. The zero-order valence-electron chi connectivity index (χ0n) is 30.1. The number of aryl methyl sites for hydroxylation is 4. The minimum Gasteiger partial charge on any atom is -0.353 e. The fourth-order valence-corrected chi connectivity index (χ4v) is 9.62. The van der Waals surface area contributed by atoms with Crippen molar-refractivity contribution in [1.29, 1.82) is 0 Å². The Morgan fingerprint density at radius 2 is 1.05 bits per heavy atom. The summed E-state index contributed by atoms with van der Waals surface area (Å²) in [7, 11) is 2.32. The molecule has 2 aromatic heterocycles. The third-order valence-electron chi connectivity index (χ3n) is 13.8. The minimum absolute atomic E-state index is 0.237. The van der Waals surface area contributed by atoms with E-state index in [1.165, 1.54) is 99.2 Å². The Bertz CT molecular complexity index is 2100. The maximum absolute atomic E-state index is 7.32. The summed E-state index contributed by atoms with van der Waals surface area (Å²) in [5, 5.41) is 5.68. The van der Waals surface area contributed by atoms with Crippen LogP contribution in [0.25, 0.3) is 43.6 Å². The smallest absolute Gasteiger partial charge is 0.146 e. The van der Waals surface area contributed by atoms with Gasteiger partial charge in [-0.3, -0.25) is 4.90 Å². The molecule has 0 aliphatic carbocycles. The molecule has 0 bridgehead atoms. The lowest BCUT2D eigenvalue weighted by Gasteiger charge is -2.35. The molecule has 44 heavy (non-hydrogen) atoms. The maximum atomic E-state index is 7.32. The summed E-state index contributed by atoms with van der Waals surface area (Å²) in [6.07, 6.45) is 0. The van der Waals surface area contributed by atoms with Gasteiger partial charge in [0.05, 0.1) is 27.7 Å². The van der Waals surface area contributed by atoms with Gasteiger partial charge in [-0.1, -0.05) is 13.8 Å². The van der Waals surface area contributed by atoms with Gasteiger partial charge in [-0.05, 0) is 159 Å². The summed E-state index contributed by atoms with van der Waals surface area (Å²) in [5.74, 6) is 0.720. The van der Waals surface area contributed by atoms with Crippen LogP contribution >= 0.6 is 0 Å². The molecule has 0 spiro atoms. The van der Waals surface area contributed by atoms with E-state index in [1.807, 2.05) is 0 Å². The Labute approximate surface area is 264 Å². The van der Waals surface area contributed by atoms with Crippen LogP contribution in [0.1, 0.15) is 116 Å². The molecule has 1 N–H and O–H groups in total. The van der Waals surface area contributed by atoms with Crippen molar-refractivity contribution in [2.45, 2.75) is 127 Å². The van der Waals surface area contributed by atoms with Crippen LogP contribution < -0.4 is 0 Å². The summed E-state index contributed by atoms with van der Waals surface area (Å²) in [4.78, 5) is 6.72. The van der Waals surface area contributed by atoms with Crippen LogP contribution in [0, 0.1) is 67.2 Å². The van der Waals surface area contributed by atoms with Gasteiger partial charge in [0, 0.05) is 39.5 Å². The van der Waals surface area contributed by atoms with Crippen LogP contribution in [-0.2, 0) is 10.5 Å². The average Bonchev–Trinajstić information content (AvgIpc) is 3.64. The van der Waals surface area contributed by atoms with E-state index >= 15 is 0 Å². The molecule has 5 aromatic rings. The first-order chi connectivity index (χ1) is 20.4. The number of nitrogens with one attached hydrogen (secondary N) is 1. The Kier molecular flexibility index (Phi) is 6.05. The van der Waals surface area contributed by atoms with Crippen molar-refractivity contribution >= 4 is 43.6 Å². The van der Waals surface area contributed by atoms with E-state index in [0.29, 0.717) is 23.9 Å². The van der Waals surface area contributed by atoms with E-state index < -0.39 is 5.72 Å². The molecule has 0 saturated carbocycles. The van der Waals surface area contributed by atoms with Gasteiger partial charge in [0.1, 0.15) is 5.72 Å². The largest absolute Gasteiger partial charge is 0.353 e. The van der Waals surface area contributed by atoms with Crippen molar-refractivity contribution < 1.29 is 4.74 Å². The van der Waals surface area contributed by atoms with Gasteiger partial charge in [0.15, 0.2) is 0 Å². The second kappa shape index (κ2) is 8.91. The highest BCUT2D eigenvalue weighted by Gasteiger charge is 2.54. The lowest BCUT2D eigenvalue weighted by molar-refractivity contribution is -0.133. The second-order valence-electron chi connectivity index (χ2n) is 15.6. The molecule has 5 unspecified atom stereocenters. The SMILES string of the molecule is Cc1c(C)c(C)c2c([nH]c3c2c2c(c4c5c(C)c(C)c(C)c(C)c5n(C5(C)OC(C)(C)C(C)C5C)c34)C(C)N(C)C2C)c1C. The second-order valence-corrected chi connectivity index (χ2v) is 15.6. The van der Waals surface area contributed by atoms with Crippen molar-refractivity contribution in [3.05, 3.63) is 55.6 Å². The van der Waals surface area contributed by atoms with Crippen LogP contribution in [0.3, 0.4) is 0 Å². The first kappa shape index (κ1) is 29.9. The Morgan fingerprint density at radius 1 is 0.545 bits per heavy atom. The molecule has 3 aromatic carbocycles. The lowest BCUT2D eigenvalue weighted by Crippen LogP contribution is -2.36. The summed E-state index contributed by atoms with van der Waals surface area (Å²) < 4.78 is 10.0. The first-order valence-corrected chi connectivity index (χ1v) is 16.8. The Balaban J connectivity index is 1.89. The van der Waals surface area contributed by atoms with Crippen LogP contribution in [-0.4, -0.2) is 27.1 Å². The van der Waals surface area contributed by atoms with Gasteiger partial charge in [-0.2, -0.15) is 0 Å². The molecule has 4 heteroatoms. The monoisotopic (exact) mass is 591 g/mol. The molecule has 1 fully saturated rings. The molecule has 5 atom stereocenters. The molecular weight excluding hydrogens is 538 g/mol. The Morgan fingerprint density at radius 3 is 1.59 bits per heavy atom. The molecule has 2 aliphatic heterocycles. The molecule has 0 radical (unpaired) electrons. The number of ether oxygens (including phenoxy) is 1. The zero-order chi connectivity index (χ0) is 32.3. The highest BCUT2D eigenvalue weighted by Crippen LogP contribution is 2.58. The topological polar surface area (TPSA) is 33.2 Å². The van der Waals surface area contributed by atoms with E-state index in [0.717, 1.165) is 0 Å². The van der Waals surface area contributed by atoms with Gasteiger partial charge >= 0.3 is 0 Å². The van der Waals surface area contributed by atoms with Crippen LogP contribution in [0.2, 0.25) is 0 Å². The molecule has 2 aliphatic rings. The predicted molar refractivity (Wildman–Crippen MR) is 188 cm³/mol. The van der Waals surface area contributed by atoms with Crippen molar-refractivity contribution in [2.75, 3.05) is 7.05 Å². The highest BCUT2D eigenvalue weighted by atomic mass is 16.5. The molecule has 234 valence electrons. The zero-order valence-corrected chi connectivity index (χ0v) is 30.1. The summed E-state index contributed by atoms with van der Waals surface area (Å²) in [5.41, 5.74) is 18.6. The number of H-pyrrole nitrogens is 1. The number of aromatic nitrogens is 2. The van der Waals surface area contributed by atoms with Crippen molar-refractivity contribution in [2.24, 2.45) is 11.8 Å². The molecule has 1 saturated heterocycles. The molecule has 7 rings (SSSR count). The third-order valence-corrected chi connectivity index (χ3v) is 13.8. The van der Waals surface area contributed by atoms with E-state index in [4.69, 9.17) is 4.74 Å². The number of hydrogen-bond acceptors (Lipinski definition) is 2. The van der Waals surface area contributed by atoms with Gasteiger partial charge in [-0.15, -0.1) is 0 Å². The van der Waals surface area contributed by atoms with Crippen molar-refractivity contribution in [3.8, 4) is 0 Å². The van der Waals surface area contributed by atoms with E-state index in [9.17, 15) is 0 Å². The summed E-state index contributed by atoms with van der Waals surface area (Å²) >= 11 is 0. The number of rotatable bonds is 1.